The van der Waals surface area contributed by atoms with Gasteiger partial charge in [-0.05, 0) is 47.1 Å². The molecule has 0 fully saturated rings. The van der Waals surface area contributed by atoms with Crippen LogP contribution in [-0.2, 0) is 4.79 Å². The minimum atomic E-state index is -0.157. The molecule has 1 amide bonds. The number of hydrogen-bond donors (Lipinski definition) is 1. The second kappa shape index (κ2) is 5.17. The Balaban J connectivity index is 2.82. The maximum Gasteiger partial charge on any atom is 0.248 e. The molecular weight excluding hydrogens is 265 g/mol. The molecule has 2 nitrogen and oxygen atoms in total. The molecule has 1 N–H and O–H groups in total. The number of halogens is 2. The summed E-state index contributed by atoms with van der Waals surface area (Å²) in [4.78, 5) is 11.2. The van der Waals surface area contributed by atoms with Crippen molar-refractivity contribution >= 4 is 39.1 Å². The quantitative estimate of drug-likeness (QED) is 0.820. The molecule has 0 aliphatic rings. The number of rotatable bonds is 2. The van der Waals surface area contributed by atoms with E-state index in [-0.39, 0.29) is 5.91 Å². The first-order chi connectivity index (χ1) is 6.63. The molecule has 1 aromatic rings. The summed E-state index contributed by atoms with van der Waals surface area (Å²) in [5.41, 5.74) is 0.706. The summed E-state index contributed by atoms with van der Waals surface area (Å²) in [5.74, 6) is -0.157. The molecule has 0 aliphatic carbocycles. The summed E-state index contributed by atoms with van der Waals surface area (Å²) in [6.07, 6.45) is 3.14. The molecule has 14 heavy (non-hydrogen) atoms. The first kappa shape index (κ1) is 11.3. The lowest BCUT2D eigenvalue weighted by Crippen LogP contribution is -2.07. The minimum Gasteiger partial charge on any atom is -0.321 e. The number of amides is 1. The monoisotopic (exact) mass is 273 g/mol. The summed E-state index contributed by atoms with van der Waals surface area (Å²) in [6.45, 7) is 1.79. The Morgan fingerprint density at radius 2 is 2.29 bits per heavy atom. The molecule has 0 atom stereocenters. The van der Waals surface area contributed by atoms with Crippen LogP contribution < -0.4 is 5.32 Å². The van der Waals surface area contributed by atoms with Crippen LogP contribution in [0.2, 0.25) is 5.02 Å². The van der Waals surface area contributed by atoms with E-state index in [9.17, 15) is 4.79 Å². The van der Waals surface area contributed by atoms with Gasteiger partial charge in [0.25, 0.3) is 0 Å². The summed E-state index contributed by atoms with van der Waals surface area (Å²) in [6, 6.07) is 5.19. The zero-order chi connectivity index (χ0) is 10.6. The Morgan fingerprint density at radius 3 is 2.86 bits per heavy atom. The largest absolute Gasteiger partial charge is 0.321 e. The maximum atomic E-state index is 11.2. The van der Waals surface area contributed by atoms with Gasteiger partial charge in [-0.1, -0.05) is 17.7 Å². The van der Waals surface area contributed by atoms with E-state index in [0.717, 1.165) is 4.47 Å². The molecule has 0 bridgehead atoms. The highest BCUT2D eigenvalue weighted by Gasteiger charge is 2.02. The van der Waals surface area contributed by atoms with E-state index in [4.69, 9.17) is 11.6 Å². The van der Waals surface area contributed by atoms with Gasteiger partial charge in [-0.2, -0.15) is 0 Å². The highest BCUT2D eigenvalue weighted by molar-refractivity contribution is 9.10. The molecule has 74 valence electrons. The van der Waals surface area contributed by atoms with Crippen molar-refractivity contribution in [3.8, 4) is 0 Å². The van der Waals surface area contributed by atoms with Gasteiger partial charge in [0.05, 0.1) is 5.69 Å². The fraction of sp³-hybridized carbons (Fsp3) is 0.100. The third-order valence-corrected chi connectivity index (χ3v) is 2.40. The van der Waals surface area contributed by atoms with E-state index in [1.807, 2.05) is 0 Å². The van der Waals surface area contributed by atoms with E-state index in [0.29, 0.717) is 10.7 Å². The van der Waals surface area contributed by atoms with Crippen LogP contribution in [0.5, 0.6) is 0 Å². The van der Waals surface area contributed by atoms with Gasteiger partial charge in [0.1, 0.15) is 0 Å². The van der Waals surface area contributed by atoms with Gasteiger partial charge in [-0.15, -0.1) is 0 Å². The van der Waals surface area contributed by atoms with Crippen LogP contribution >= 0.6 is 27.5 Å². The van der Waals surface area contributed by atoms with Crippen molar-refractivity contribution in [1.82, 2.24) is 0 Å². The zero-order valence-electron chi connectivity index (χ0n) is 7.55. The molecule has 4 heteroatoms. The molecule has 1 aromatic carbocycles. The van der Waals surface area contributed by atoms with Crippen LogP contribution in [0.15, 0.2) is 34.8 Å². The predicted octanol–water partition coefficient (Wildman–Crippen LogP) is 3.62. The molecule has 0 radical (unpaired) electrons. The number of allylic oxidation sites excluding steroid dienone is 1. The van der Waals surface area contributed by atoms with E-state index in [1.165, 1.54) is 6.08 Å². The standard InChI is InChI=1S/C10H9BrClNO/c1-2-3-10(14)13-9-5-4-7(12)6-8(9)11/h2-6H,1H3,(H,13,14)/b3-2+. The first-order valence-electron chi connectivity index (χ1n) is 4.02. The lowest BCUT2D eigenvalue weighted by molar-refractivity contribution is -0.111. The van der Waals surface area contributed by atoms with Gasteiger partial charge in [0, 0.05) is 9.50 Å². The topological polar surface area (TPSA) is 29.1 Å². The Labute approximate surface area is 96.1 Å². The first-order valence-corrected chi connectivity index (χ1v) is 5.19. The number of benzene rings is 1. The summed E-state index contributed by atoms with van der Waals surface area (Å²) < 4.78 is 0.767. The molecule has 0 heterocycles. The van der Waals surface area contributed by atoms with Crippen LogP contribution in [0.1, 0.15) is 6.92 Å². The lowest BCUT2D eigenvalue weighted by Gasteiger charge is -2.04. The number of hydrogen-bond acceptors (Lipinski definition) is 1. The Morgan fingerprint density at radius 1 is 1.57 bits per heavy atom. The fourth-order valence-electron chi connectivity index (χ4n) is 0.917. The maximum absolute atomic E-state index is 11.2. The normalized spacial score (nSPS) is 10.5. The van der Waals surface area contributed by atoms with Crippen LogP contribution in [0.25, 0.3) is 0 Å². The van der Waals surface area contributed by atoms with E-state index >= 15 is 0 Å². The fourth-order valence-corrected chi connectivity index (χ4v) is 1.70. The number of nitrogens with one attached hydrogen (secondary N) is 1. The SMILES string of the molecule is C/C=C/C(=O)Nc1ccc(Cl)cc1Br. The molecule has 1 rings (SSSR count). The third kappa shape index (κ3) is 3.16. The van der Waals surface area contributed by atoms with Crippen molar-refractivity contribution in [2.75, 3.05) is 5.32 Å². The van der Waals surface area contributed by atoms with Crippen molar-refractivity contribution in [2.45, 2.75) is 6.92 Å². The average Bonchev–Trinajstić information content (AvgIpc) is 2.10. The zero-order valence-corrected chi connectivity index (χ0v) is 9.89. The molecule has 0 unspecified atom stereocenters. The summed E-state index contributed by atoms with van der Waals surface area (Å²) >= 11 is 9.06. The van der Waals surface area contributed by atoms with Gasteiger partial charge in [0.15, 0.2) is 0 Å². The van der Waals surface area contributed by atoms with E-state index in [1.54, 1.807) is 31.2 Å². The highest BCUT2D eigenvalue weighted by atomic mass is 79.9. The predicted molar refractivity (Wildman–Crippen MR) is 62.6 cm³/mol. The third-order valence-electron chi connectivity index (χ3n) is 1.51. The minimum absolute atomic E-state index is 0.157. The van der Waals surface area contributed by atoms with Gasteiger partial charge in [0.2, 0.25) is 5.91 Å². The van der Waals surface area contributed by atoms with Crippen molar-refractivity contribution in [2.24, 2.45) is 0 Å². The van der Waals surface area contributed by atoms with Gasteiger partial charge in [-0.3, -0.25) is 4.79 Å². The van der Waals surface area contributed by atoms with Crippen molar-refractivity contribution < 1.29 is 4.79 Å². The van der Waals surface area contributed by atoms with Crippen LogP contribution in [0, 0.1) is 0 Å². The number of carbonyl (C=O) groups excluding carboxylic acids is 1. The van der Waals surface area contributed by atoms with Gasteiger partial charge in [-0.25, -0.2) is 0 Å². The smallest absolute Gasteiger partial charge is 0.248 e. The summed E-state index contributed by atoms with van der Waals surface area (Å²) in [5, 5.41) is 3.33. The molecule has 0 saturated heterocycles. The average molecular weight is 275 g/mol. The molecule has 0 aromatic heterocycles. The highest BCUT2D eigenvalue weighted by Crippen LogP contribution is 2.25. The van der Waals surface area contributed by atoms with Crippen molar-refractivity contribution in [1.29, 1.82) is 0 Å². The second-order valence-electron chi connectivity index (χ2n) is 2.61. The molecule has 0 saturated carbocycles. The van der Waals surface area contributed by atoms with Crippen molar-refractivity contribution in [3.05, 3.63) is 39.8 Å². The Hall–Kier alpha value is -0.800. The van der Waals surface area contributed by atoms with E-state index in [2.05, 4.69) is 21.2 Å². The van der Waals surface area contributed by atoms with Gasteiger partial charge >= 0.3 is 0 Å². The van der Waals surface area contributed by atoms with Crippen LogP contribution in [0.3, 0.4) is 0 Å². The number of carbonyl (C=O) groups is 1. The van der Waals surface area contributed by atoms with Crippen LogP contribution in [-0.4, -0.2) is 5.91 Å². The van der Waals surface area contributed by atoms with E-state index < -0.39 is 0 Å². The Kier molecular flexibility index (Phi) is 4.17. The van der Waals surface area contributed by atoms with Gasteiger partial charge < -0.3 is 5.32 Å². The lowest BCUT2D eigenvalue weighted by atomic mass is 10.3. The van der Waals surface area contributed by atoms with Crippen LogP contribution in [0.4, 0.5) is 5.69 Å². The molecule has 0 aliphatic heterocycles. The van der Waals surface area contributed by atoms with Crippen molar-refractivity contribution in [3.63, 3.8) is 0 Å². The molecule has 0 spiro atoms. The number of anilines is 1. The summed E-state index contributed by atoms with van der Waals surface area (Å²) in [7, 11) is 0. The Bertz CT molecular complexity index is 376. The second-order valence-corrected chi connectivity index (χ2v) is 3.90. The molecular formula is C10H9BrClNO.